The van der Waals surface area contributed by atoms with E-state index >= 15 is 0 Å². The van der Waals surface area contributed by atoms with Crippen molar-refractivity contribution in [2.24, 2.45) is 0 Å². The quantitative estimate of drug-likeness (QED) is 0.804. The minimum Gasteiger partial charge on any atom is -0.390 e. The molecule has 2 aromatic rings. The van der Waals surface area contributed by atoms with Gasteiger partial charge in [-0.15, -0.1) is 0 Å². The van der Waals surface area contributed by atoms with Crippen LogP contribution in [0.25, 0.3) is 10.9 Å². The lowest BCUT2D eigenvalue weighted by Crippen LogP contribution is -2.09. The van der Waals surface area contributed by atoms with E-state index in [1.54, 1.807) is 0 Å². The van der Waals surface area contributed by atoms with Gasteiger partial charge in [0.1, 0.15) is 0 Å². The van der Waals surface area contributed by atoms with E-state index in [1.807, 2.05) is 24.4 Å². The summed E-state index contributed by atoms with van der Waals surface area (Å²) in [6.07, 6.45) is 4.56. The number of aromatic nitrogens is 1. The standard InChI is InChI=1S/C12H12ClNO/c13-9-1-2-10-8(6-12(15)3-4-12)7-14-11(10)5-9/h1-2,5,7,14-15H,3-4,6H2. The molecule has 1 aliphatic rings. The normalized spacial score (nSPS) is 18.3. The highest BCUT2D eigenvalue weighted by atomic mass is 35.5. The van der Waals surface area contributed by atoms with Crippen LogP contribution in [-0.2, 0) is 6.42 Å². The van der Waals surface area contributed by atoms with Crippen molar-refractivity contribution in [1.82, 2.24) is 4.98 Å². The summed E-state index contributed by atoms with van der Waals surface area (Å²) >= 11 is 5.90. The first-order valence-electron chi connectivity index (χ1n) is 5.14. The van der Waals surface area contributed by atoms with Gasteiger partial charge in [0.25, 0.3) is 0 Å². The fourth-order valence-corrected chi connectivity index (χ4v) is 2.15. The fourth-order valence-electron chi connectivity index (χ4n) is 1.98. The first-order chi connectivity index (χ1) is 7.16. The highest BCUT2D eigenvalue weighted by Crippen LogP contribution is 2.39. The second-order valence-electron chi connectivity index (χ2n) is 4.40. The van der Waals surface area contributed by atoms with Crippen molar-refractivity contribution in [3.05, 3.63) is 35.0 Å². The molecular weight excluding hydrogens is 210 g/mol. The second-order valence-corrected chi connectivity index (χ2v) is 4.84. The van der Waals surface area contributed by atoms with Crippen LogP contribution in [0.3, 0.4) is 0 Å². The first kappa shape index (κ1) is 9.25. The molecule has 1 aromatic heterocycles. The smallest absolute Gasteiger partial charge is 0.0690 e. The van der Waals surface area contributed by atoms with Gasteiger partial charge in [-0.3, -0.25) is 0 Å². The van der Waals surface area contributed by atoms with Crippen molar-refractivity contribution in [2.45, 2.75) is 24.9 Å². The lowest BCUT2D eigenvalue weighted by atomic mass is 10.1. The average molecular weight is 222 g/mol. The summed E-state index contributed by atoms with van der Waals surface area (Å²) in [6.45, 7) is 0. The van der Waals surface area contributed by atoms with Crippen LogP contribution in [0.1, 0.15) is 18.4 Å². The fraction of sp³-hybridized carbons (Fsp3) is 0.333. The monoisotopic (exact) mass is 221 g/mol. The van der Waals surface area contributed by atoms with Crippen LogP contribution in [0.5, 0.6) is 0 Å². The van der Waals surface area contributed by atoms with Crippen molar-refractivity contribution in [2.75, 3.05) is 0 Å². The van der Waals surface area contributed by atoms with Crippen LogP contribution in [-0.4, -0.2) is 15.7 Å². The minimum absolute atomic E-state index is 0.436. The van der Waals surface area contributed by atoms with Crippen LogP contribution in [0.2, 0.25) is 5.02 Å². The Hall–Kier alpha value is -0.990. The number of rotatable bonds is 2. The van der Waals surface area contributed by atoms with Gasteiger partial charge < -0.3 is 10.1 Å². The molecule has 0 spiro atoms. The van der Waals surface area contributed by atoms with Gasteiger partial charge in [0.2, 0.25) is 0 Å². The van der Waals surface area contributed by atoms with E-state index in [0.29, 0.717) is 0 Å². The summed E-state index contributed by atoms with van der Waals surface area (Å²) in [5.74, 6) is 0. The van der Waals surface area contributed by atoms with Crippen LogP contribution in [0, 0.1) is 0 Å². The molecule has 1 fully saturated rings. The van der Waals surface area contributed by atoms with Crippen LogP contribution in [0.4, 0.5) is 0 Å². The van der Waals surface area contributed by atoms with Crippen molar-refractivity contribution in [3.8, 4) is 0 Å². The zero-order valence-electron chi connectivity index (χ0n) is 8.26. The Morgan fingerprint density at radius 2 is 2.20 bits per heavy atom. The summed E-state index contributed by atoms with van der Waals surface area (Å²) in [6, 6.07) is 5.81. The van der Waals surface area contributed by atoms with E-state index in [2.05, 4.69) is 4.98 Å². The Bertz CT molecular complexity index is 513. The van der Waals surface area contributed by atoms with E-state index in [0.717, 1.165) is 29.8 Å². The zero-order chi connectivity index (χ0) is 10.5. The molecule has 78 valence electrons. The molecule has 0 unspecified atom stereocenters. The number of fused-ring (bicyclic) bond motifs is 1. The number of aliphatic hydroxyl groups is 1. The first-order valence-corrected chi connectivity index (χ1v) is 5.52. The molecule has 0 atom stereocenters. The summed E-state index contributed by atoms with van der Waals surface area (Å²) in [4.78, 5) is 3.18. The Balaban J connectivity index is 2.04. The third kappa shape index (κ3) is 1.64. The number of nitrogens with one attached hydrogen (secondary N) is 1. The summed E-state index contributed by atoms with van der Waals surface area (Å²) < 4.78 is 0. The molecule has 1 aliphatic carbocycles. The van der Waals surface area contributed by atoms with Crippen LogP contribution < -0.4 is 0 Å². The lowest BCUT2D eigenvalue weighted by molar-refractivity contribution is 0.151. The summed E-state index contributed by atoms with van der Waals surface area (Å²) in [5.41, 5.74) is 1.79. The highest BCUT2D eigenvalue weighted by Gasteiger charge is 2.40. The van der Waals surface area contributed by atoms with Crippen molar-refractivity contribution < 1.29 is 5.11 Å². The second kappa shape index (κ2) is 3.00. The average Bonchev–Trinajstić information content (AvgIpc) is 2.79. The van der Waals surface area contributed by atoms with Gasteiger partial charge in [-0.25, -0.2) is 0 Å². The number of H-pyrrole nitrogens is 1. The van der Waals surface area contributed by atoms with Crippen molar-refractivity contribution in [3.63, 3.8) is 0 Å². The predicted molar refractivity (Wildman–Crippen MR) is 61.2 cm³/mol. The molecule has 1 aromatic carbocycles. The van der Waals surface area contributed by atoms with Gasteiger partial charge in [-0.05, 0) is 30.5 Å². The molecule has 1 saturated carbocycles. The van der Waals surface area contributed by atoms with E-state index in [4.69, 9.17) is 11.6 Å². The van der Waals surface area contributed by atoms with E-state index in [1.165, 1.54) is 10.9 Å². The maximum atomic E-state index is 9.87. The molecule has 0 amide bonds. The molecule has 0 aliphatic heterocycles. The maximum Gasteiger partial charge on any atom is 0.0690 e. The van der Waals surface area contributed by atoms with Gasteiger partial charge in [0.05, 0.1) is 5.60 Å². The Morgan fingerprint density at radius 1 is 1.40 bits per heavy atom. The molecule has 3 heteroatoms. The molecule has 0 saturated heterocycles. The largest absolute Gasteiger partial charge is 0.390 e. The summed E-state index contributed by atoms with van der Waals surface area (Å²) in [7, 11) is 0. The van der Waals surface area contributed by atoms with Gasteiger partial charge in [0, 0.05) is 28.5 Å². The number of benzene rings is 1. The third-order valence-corrected chi connectivity index (χ3v) is 3.31. The van der Waals surface area contributed by atoms with E-state index in [-0.39, 0.29) is 0 Å². The number of hydrogen-bond acceptors (Lipinski definition) is 1. The molecule has 15 heavy (non-hydrogen) atoms. The molecule has 2 N–H and O–H groups in total. The summed E-state index contributed by atoms with van der Waals surface area (Å²) in [5, 5.41) is 11.8. The topological polar surface area (TPSA) is 36.0 Å². The van der Waals surface area contributed by atoms with Crippen LogP contribution in [0.15, 0.2) is 24.4 Å². The maximum absolute atomic E-state index is 9.87. The Kier molecular flexibility index (Phi) is 1.85. The minimum atomic E-state index is -0.436. The number of halogens is 1. The van der Waals surface area contributed by atoms with Gasteiger partial charge in [-0.1, -0.05) is 17.7 Å². The molecular formula is C12H12ClNO. The van der Waals surface area contributed by atoms with Gasteiger partial charge >= 0.3 is 0 Å². The lowest BCUT2D eigenvalue weighted by Gasteiger charge is -2.05. The molecule has 0 bridgehead atoms. The van der Waals surface area contributed by atoms with Crippen molar-refractivity contribution >= 4 is 22.5 Å². The number of hydrogen-bond donors (Lipinski definition) is 2. The third-order valence-electron chi connectivity index (χ3n) is 3.08. The predicted octanol–water partition coefficient (Wildman–Crippen LogP) is 2.89. The van der Waals surface area contributed by atoms with Crippen molar-refractivity contribution in [1.29, 1.82) is 0 Å². The van der Waals surface area contributed by atoms with Gasteiger partial charge in [-0.2, -0.15) is 0 Å². The SMILES string of the molecule is OC1(Cc2c[nH]c3cc(Cl)ccc23)CC1. The molecule has 1 heterocycles. The Morgan fingerprint density at radius 3 is 2.93 bits per heavy atom. The van der Waals surface area contributed by atoms with E-state index < -0.39 is 5.60 Å². The number of aromatic amines is 1. The molecule has 0 radical (unpaired) electrons. The zero-order valence-corrected chi connectivity index (χ0v) is 9.01. The molecule has 2 nitrogen and oxygen atoms in total. The van der Waals surface area contributed by atoms with E-state index in [9.17, 15) is 5.11 Å². The molecule has 3 rings (SSSR count). The highest BCUT2D eigenvalue weighted by molar-refractivity contribution is 6.31. The van der Waals surface area contributed by atoms with Gasteiger partial charge in [0.15, 0.2) is 0 Å². The van der Waals surface area contributed by atoms with Crippen LogP contribution >= 0.6 is 11.6 Å². The Labute approximate surface area is 92.9 Å².